The lowest BCUT2D eigenvalue weighted by molar-refractivity contribution is 0.0727. The molecule has 3 rings (SSSR count). The minimum atomic E-state index is -0.0948. The zero-order valence-electron chi connectivity index (χ0n) is 11.8. The van der Waals surface area contributed by atoms with Gasteiger partial charge in [0.05, 0.1) is 18.5 Å². The number of hydrogen-bond donors (Lipinski definition) is 0. The normalized spacial score (nSPS) is 13.7. The fraction of sp³-hybridized carbons (Fsp3) is 0.333. The largest absolute Gasteiger partial charge is 0.478 e. The molecule has 1 aliphatic rings. The lowest BCUT2D eigenvalue weighted by Gasteiger charge is -2.28. The summed E-state index contributed by atoms with van der Waals surface area (Å²) in [6.45, 7) is 3.71. The van der Waals surface area contributed by atoms with Crippen molar-refractivity contribution < 1.29 is 9.53 Å². The van der Waals surface area contributed by atoms with E-state index >= 15 is 0 Å². The van der Waals surface area contributed by atoms with Crippen LogP contribution >= 0.6 is 0 Å². The van der Waals surface area contributed by atoms with Crippen molar-refractivity contribution in [1.82, 2.24) is 19.9 Å². The predicted molar refractivity (Wildman–Crippen MR) is 75.9 cm³/mol. The Balaban J connectivity index is 1.77. The predicted octanol–water partition coefficient (Wildman–Crippen LogP) is 1.47. The van der Waals surface area contributed by atoms with Gasteiger partial charge in [0.1, 0.15) is 5.69 Å². The van der Waals surface area contributed by atoms with Crippen LogP contribution in [-0.2, 0) is 13.0 Å². The summed E-state index contributed by atoms with van der Waals surface area (Å²) in [6.07, 6.45) is 5.30. The molecule has 2 aromatic heterocycles. The summed E-state index contributed by atoms with van der Waals surface area (Å²) in [7, 11) is 0. The third-order valence-electron chi connectivity index (χ3n) is 3.38. The van der Waals surface area contributed by atoms with E-state index in [-0.39, 0.29) is 5.91 Å². The van der Waals surface area contributed by atoms with Crippen molar-refractivity contribution in [3.05, 3.63) is 47.7 Å². The fourth-order valence-electron chi connectivity index (χ4n) is 2.37. The fourth-order valence-corrected chi connectivity index (χ4v) is 2.37. The highest BCUT2D eigenvalue weighted by molar-refractivity contribution is 5.92. The first-order chi connectivity index (χ1) is 10.3. The van der Waals surface area contributed by atoms with Gasteiger partial charge in [0.15, 0.2) is 0 Å². The summed E-state index contributed by atoms with van der Waals surface area (Å²) in [5.74, 6) is 0.549. The molecule has 0 unspecified atom stereocenters. The van der Waals surface area contributed by atoms with Gasteiger partial charge in [-0.25, -0.2) is 9.97 Å². The zero-order valence-corrected chi connectivity index (χ0v) is 11.8. The van der Waals surface area contributed by atoms with Crippen LogP contribution in [0.3, 0.4) is 0 Å². The number of carbonyl (C=O) groups excluding carboxylic acids is 1. The molecule has 0 aliphatic carbocycles. The number of amides is 1. The Morgan fingerprint density at radius 1 is 1.38 bits per heavy atom. The monoisotopic (exact) mass is 284 g/mol. The summed E-state index contributed by atoms with van der Waals surface area (Å²) >= 11 is 0. The molecule has 3 heterocycles. The van der Waals surface area contributed by atoms with Crippen LogP contribution in [0.4, 0.5) is 0 Å². The average Bonchev–Trinajstić information content (AvgIpc) is 2.55. The Morgan fingerprint density at radius 3 is 3.05 bits per heavy atom. The van der Waals surface area contributed by atoms with E-state index in [4.69, 9.17) is 4.74 Å². The third kappa shape index (κ3) is 2.84. The van der Waals surface area contributed by atoms with Gasteiger partial charge in [0.2, 0.25) is 5.88 Å². The first-order valence-corrected chi connectivity index (χ1v) is 6.95. The highest BCUT2D eigenvalue weighted by Gasteiger charge is 2.23. The highest BCUT2D eigenvalue weighted by atomic mass is 16.5. The minimum Gasteiger partial charge on any atom is -0.478 e. The SMILES string of the molecule is CCOc1ccc2c(n1)CCN(C(=O)c1cnccn1)C2. The van der Waals surface area contributed by atoms with Crippen LogP contribution in [0.2, 0.25) is 0 Å². The molecule has 108 valence electrons. The van der Waals surface area contributed by atoms with Crippen molar-refractivity contribution in [3.8, 4) is 5.88 Å². The molecule has 6 nitrogen and oxygen atoms in total. The van der Waals surface area contributed by atoms with E-state index < -0.39 is 0 Å². The molecule has 0 fully saturated rings. The number of carbonyl (C=O) groups is 1. The second-order valence-corrected chi connectivity index (χ2v) is 4.76. The molecular formula is C15H16N4O2. The van der Waals surface area contributed by atoms with Crippen molar-refractivity contribution in [2.75, 3.05) is 13.2 Å². The Labute approximate surface area is 122 Å². The smallest absolute Gasteiger partial charge is 0.274 e. The molecule has 0 atom stereocenters. The average molecular weight is 284 g/mol. The zero-order chi connectivity index (χ0) is 14.7. The minimum absolute atomic E-state index is 0.0948. The van der Waals surface area contributed by atoms with E-state index in [1.165, 1.54) is 12.4 Å². The summed E-state index contributed by atoms with van der Waals surface area (Å²) in [6, 6.07) is 3.82. The van der Waals surface area contributed by atoms with Crippen LogP contribution in [0.5, 0.6) is 5.88 Å². The first-order valence-electron chi connectivity index (χ1n) is 6.95. The van der Waals surface area contributed by atoms with Crippen LogP contribution in [0, 0.1) is 0 Å². The van der Waals surface area contributed by atoms with E-state index in [0.717, 1.165) is 17.7 Å². The van der Waals surface area contributed by atoms with Crippen molar-refractivity contribution in [3.63, 3.8) is 0 Å². The van der Waals surface area contributed by atoms with Crippen LogP contribution < -0.4 is 4.74 Å². The Morgan fingerprint density at radius 2 is 2.29 bits per heavy atom. The van der Waals surface area contributed by atoms with E-state index in [1.807, 2.05) is 19.1 Å². The molecule has 0 aromatic carbocycles. The molecule has 0 bridgehead atoms. The number of hydrogen-bond acceptors (Lipinski definition) is 5. The molecule has 6 heteroatoms. The molecule has 0 N–H and O–H groups in total. The van der Waals surface area contributed by atoms with Crippen molar-refractivity contribution in [1.29, 1.82) is 0 Å². The number of aromatic nitrogens is 3. The number of nitrogens with zero attached hydrogens (tertiary/aromatic N) is 4. The number of ether oxygens (including phenoxy) is 1. The van der Waals surface area contributed by atoms with Gasteiger partial charge in [-0.2, -0.15) is 0 Å². The van der Waals surface area contributed by atoms with Gasteiger partial charge in [-0.15, -0.1) is 0 Å². The number of pyridine rings is 1. The summed E-state index contributed by atoms with van der Waals surface area (Å²) in [5.41, 5.74) is 2.44. The van der Waals surface area contributed by atoms with Gasteiger partial charge < -0.3 is 9.64 Å². The van der Waals surface area contributed by atoms with Gasteiger partial charge in [-0.05, 0) is 12.5 Å². The van der Waals surface area contributed by atoms with Gasteiger partial charge >= 0.3 is 0 Å². The Bertz CT molecular complexity index is 645. The van der Waals surface area contributed by atoms with Gasteiger partial charge in [0.25, 0.3) is 5.91 Å². The van der Waals surface area contributed by atoms with Crippen LogP contribution in [0.25, 0.3) is 0 Å². The maximum atomic E-state index is 12.4. The van der Waals surface area contributed by atoms with E-state index in [9.17, 15) is 4.79 Å². The standard InChI is InChI=1S/C15H16N4O2/c1-2-21-14-4-3-11-10-19(8-5-12(11)18-14)15(20)13-9-16-6-7-17-13/h3-4,6-7,9H,2,5,8,10H2,1H3. The van der Waals surface area contributed by atoms with Crippen LogP contribution in [0.1, 0.15) is 28.7 Å². The maximum absolute atomic E-state index is 12.4. The highest BCUT2D eigenvalue weighted by Crippen LogP contribution is 2.21. The van der Waals surface area contributed by atoms with E-state index in [1.54, 1.807) is 11.1 Å². The molecule has 0 spiro atoms. The van der Waals surface area contributed by atoms with Crippen molar-refractivity contribution >= 4 is 5.91 Å². The van der Waals surface area contributed by atoms with Crippen LogP contribution in [0.15, 0.2) is 30.7 Å². The van der Waals surface area contributed by atoms with Crippen LogP contribution in [-0.4, -0.2) is 38.9 Å². The summed E-state index contributed by atoms with van der Waals surface area (Å²) < 4.78 is 5.41. The third-order valence-corrected chi connectivity index (χ3v) is 3.38. The Kier molecular flexibility index (Phi) is 3.77. The van der Waals surface area contributed by atoms with Gasteiger partial charge in [-0.1, -0.05) is 6.07 Å². The van der Waals surface area contributed by atoms with E-state index in [2.05, 4.69) is 15.0 Å². The molecule has 2 aromatic rings. The molecule has 0 radical (unpaired) electrons. The second kappa shape index (κ2) is 5.87. The maximum Gasteiger partial charge on any atom is 0.274 e. The van der Waals surface area contributed by atoms with E-state index in [0.29, 0.717) is 31.3 Å². The van der Waals surface area contributed by atoms with Gasteiger partial charge in [0, 0.05) is 38.0 Å². The topological polar surface area (TPSA) is 68.2 Å². The molecule has 0 saturated heterocycles. The molecule has 21 heavy (non-hydrogen) atoms. The lowest BCUT2D eigenvalue weighted by Crippen LogP contribution is -2.36. The molecule has 1 amide bonds. The summed E-state index contributed by atoms with van der Waals surface area (Å²) in [5, 5.41) is 0. The van der Waals surface area contributed by atoms with Crippen molar-refractivity contribution in [2.24, 2.45) is 0 Å². The molecule has 0 saturated carbocycles. The summed E-state index contributed by atoms with van der Waals surface area (Å²) in [4.78, 5) is 26.6. The molecule has 1 aliphatic heterocycles. The van der Waals surface area contributed by atoms with Crippen molar-refractivity contribution in [2.45, 2.75) is 19.9 Å². The number of rotatable bonds is 3. The first kappa shape index (κ1) is 13.5. The molecular weight excluding hydrogens is 268 g/mol. The number of fused-ring (bicyclic) bond motifs is 1. The Hall–Kier alpha value is -2.50. The second-order valence-electron chi connectivity index (χ2n) is 4.76. The lowest BCUT2D eigenvalue weighted by atomic mass is 10.1. The van der Waals surface area contributed by atoms with Gasteiger partial charge in [-0.3, -0.25) is 9.78 Å². The quantitative estimate of drug-likeness (QED) is 0.853.